The summed E-state index contributed by atoms with van der Waals surface area (Å²) in [7, 11) is 0. The lowest BCUT2D eigenvalue weighted by Gasteiger charge is -2.10. The summed E-state index contributed by atoms with van der Waals surface area (Å²) < 4.78 is 5.50. The van der Waals surface area contributed by atoms with Crippen LogP contribution in [0, 0.1) is 6.92 Å². The Hall–Kier alpha value is -1.69. The smallest absolute Gasteiger partial charge is 0.354 e. The fourth-order valence-electron chi connectivity index (χ4n) is 1.97. The van der Waals surface area contributed by atoms with Crippen molar-refractivity contribution < 1.29 is 14.6 Å². The van der Waals surface area contributed by atoms with Gasteiger partial charge in [-0.05, 0) is 32.3 Å². The van der Waals surface area contributed by atoms with Gasteiger partial charge in [-0.15, -0.1) is 0 Å². The van der Waals surface area contributed by atoms with Crippen molar-refractivity contribution in [1.82, 2.24) is 9.97 Å². The van der Waals surface area contributed by atoms with Gasteiger partial charge in [-0.3, -0.25) is 0 Å². The van der Waals surface area contributed by atoms with Crippen LogP contribution >= 0.6 is 0 Å². The number of hydrogen-bond acceptors (Lipinski definition) is 5. The molecule has 1 saturated heterocycles. The van der Waals surface area contributed by atoms with Gasteiger partial charge in [-0.2, -0.15) is 0 Å². The fourth-order valence-corrected chi connectivity index (χ4v) is 1.97. The summed E-state index contributed by atoms with van der Waals surface area (Å²) in [6.07, 6.45) is 3.41. The van der Waals surface area contributed by atoms with Gasteiger partial charge >= 0.3 is 5.97 Å². The number of carbonyl (C=O) groups is 1. The molecule has 0 aromatic carbocycles. The number of carboxylic acids is 1. The largest absolute Gasteiger partial charge is 0.477 e. The van der Waals surface area contributed by atoms with Crippen molar-refractivity contribution in [2.24, 2.45) is 0 Å². The zero-order valence-electron chi connectivity index (χ0n) is 10.3. The Morgan fingerprint density at radius 3 is 3.11 bits per heavy atom. The Bertz CT molecular complexity index is 431. The fraction of sp³-hybridized carbons (Fsp3) is 0.583. The standard InChI is InChI=1S/C12H17N3O3/c1-8-7-10(11(16)17)15-12(14-8)13-5-4-9-3-2-6-18-9/h7,9H,2-6H2,1H3,(H,16,17)(H,13,14,15). The number of nitrogens with zero attached hydrogens (tertiary/aromatic N) is 2. The van der Waals surface area contributed by atoms with E-state index in [9.17, 15) is 4.79 Å². The van der Waals surface area contributed by atoms with E-state index in [0.29, 0.717) is 24.3 Å². The van der Waals surface area contributed by atoms with Crippen LogP contribution in [-0.2, 0) is 4.74 Å². The third-order valence-corrected chi connectivity index (χ3v) is 2.85. The number of aromatic carboxylic acids is 1. The van der Waals surface area contributed by atoms with Crippen molar-refractivity contribution in [3.63, 3.8) is 0 Å². The predicted octanol–water partition coefficient (Wildman–Crippen LogP) is 1.46. The van der Waals surface area contributed by atoms with Gasteiger partial charge in [-0.1, -0.05) is 0 Å². The summed E-state index contributed by atoms with van der Waals surface area (Å²) in [5, 5.41) is 11.9. The van der Waals surface area contributed by atoms with Gasteiger partial charge in [0.25, 0.3) is 0 Å². The molecule has 0 saturated carbocycles. The van der Waals surface area contributed by atoms with Gasteiger partial charge in [-0.25, -0.2) is 14.8 Å². The number of ether oxygens (including phenoxy) is 1. The van der Waals surface area contributed by atoms with Crippen LogP contribution in [0.1, 0.15) is 35.4 Å². The van der Waals surface area contributed by atoms with Crippen LogP contribution in [-0.4, -0.2) is 40.3 Å². The molecular weight excluding hydrogens is 234 g/mol. The number of hydrogen-bond donors (Lipinski definition) is 2. The van der Waals surface area contributed by atoms with E-state index in [-0.39, 0.29) is 5.69 Å². The maximum atomic E-state index is 10.9. The lowest BCUT2D eigenvalue weighted by atomic mass is 10.2. The summed E-state index contributed by atoms with van der Waals surface area (Å²) in [5.74, 6) is -0.673. The van der Waals surface area contributed by atoms with E-state index in [1.165, 1.54) is 6.07 Å². The van der Waals surface area contributed by atoms with Crippen molar-refractivity contribution in [2.75, 3.05) is 18.5 Å². The average molecular weight is 251 g/mol. The van der Waals surface area contributed by atoms with Gasteiger partial charge in [0.2, 0.25) is 5.95 Å². The van der Waals surface area contributed by atoms with Crippen molar-refractivity contribution in [2.45, 2.75) is 32.3 Å². The van der Waals surface area contributed by atoms with Crippen LogP contribution in [0.2, 0.25) is 0 Å². The molecule has 1 fully saturated rings. The van der Waals surface area contributed by atoms with Gasteiger partial charge in [0.1, 0.15) is 0 Å². The normalized spacial score (nSPS) is 18.8. The minimum Gasteiger partial charge on any atom is -0.477 e. The molecule has 1 aromatic rings. The van der Waals surface area contributed by atoms with E-state index in [1.807, 2.05) is 0 Å². The Balaban J connectivity index is 1.89. The number of anilines is 1. The van der Waals surface area contributed by atoms with Crippen LogP contribution in [0.4, 0.5) is 5.95 Å². The molecule has 1 unspecified atom stereocenters. The first-order chi connectivity index (χ1) is 8.65. The molecule has 0 radical (unpaired) electrons. The molecule has 0 bridgehead atoms. The molecule has 98 valence electrons. The third kappa shape index (κ3) is 3.40. The van der Waals surface area contributed by atoms with E-state index < -0.39 is 5.97 Å². The van der Waals surface area contributed by atoms with Crippen molar-refractivity contribution in [3.8, 4) is 0 Å². The Morgan fingerprint density at radius 1 is 1.61 bits per heavy atom. The van der Waals surface area contributed by atoms with E-state index in [2.05, 4.69) is 15.3 Å². The van der Waals surface area contributed by atoms with E-state index in [1.54, 1.807) is 6.92 Å². The molecule has 2 heterocycles. The zero-order chi connectivity index (χ0) is 13.0. The van der Waals surface area contributed by atoms with Gasteiger partial charge in [0.05, 0.1) is 6.10 Å². The topological polar surface area (TPSA) is 84.3 Å². The quantitative estimate of drug-likeness (QED) is 0.824. The van der Waals surface area contributed by atoms with Crippen LogP contribution in [0.15, 0.2) is 6.07 Å². The molecule has 6 heteroatoms. The molecule has 18 heavy (non-hydrogen) atoms. The average Bonchev–Trinajstić information content (AvgIpc) is 2.81. The first-order valence-electron chi connectivity index (χ1n) is 6.09. The molecule has 6 nitrogen and oxygen atoms in total. The van der Waals surface area contributed by atoms with Crippen molar-refractivity contribution in [1.29, 1.82) is 0 Å². The first-order valence-corrected chi connectivity index (χ1v) is 6.09. The second kappa shape index (κ2) is 5.77. The SMILES string of the molecule is Cc1cc(C(=O)O)nc(NCCC2CCCO2)n1. The number of carboxylic acid groups (broad SMARTS) is 1. The summed E-state index contributed by atoms with van der Waals surface area (Å²) >= 11 is 0. The maximum Gasteiger partial charge on any atom is 0.354 e. The van der Waals surface area contributed by atoms with E-state index in [4.69, 9.17) is 9.84 Å². The highest BCUT2D eigenvalue weighted by atomic mass is 16.5. The van der Waals surface area contributed by atoms with Crippen LogP contribution < -0.4 is 5.32 Å². The summed E-state index contributed by atoms with van der Waals surface area (Å²) in [4.78, 5) is 18.9. The summed E-state index contributed by atoms with van der Waals surface area (Å²) in [6.45, 7) is 3.28. The number of aromatic nitrogens is 2. The van der Waals surface area contributed by atoms with Crippen molar-refractivity contribution >= 4 is 11.9 Å². The minimum atomic E-state index is -1.04. The molecular formula is C12H17N3O3. The molecule has 1 aliphatic rings. The number of nitrogens with one attached hydrogen (secondary N) is 1. The highest BCUT2D eigenvalue weighted by molar-refractivity contribution is 5.85. The first kappa shape index (κ1) is 12.8. The predicted molar refractivity (Wildman–Crippen MR) is 65.8 cm³/mol. The highest BCUT2D eigenvalue weighted by Crippen LogP contribution is 2.15. The van der Waals surface area contributed by atoms with Crippen LogP contribution in [0.25, 0.3) is 0 Å². The molecule has 0 amide bonds. The van der Waals surface area contributed by atoms with Crippen molar-refractivity contribution in [3.05, 3.63) is 17.5 Å². The molecule has 1 aromatic heterocycles. The minimum absolute atomic E-state index is 0.0158. The zero-order valence-corrected chi connectivity index (χ0v) is 10.3. The monoisotopic (exact) mass is 251 g/mol. The van der Waals surface area contributed by atoms with Crippen LogP contribution in [0.3, 0.4) is 0 Å². The Labute approximate surface area is 105 Å². The van der Waals surface area contributed by atoms with Gasteiger partial charge in [0.15, 0.2) is 5.69 Å². The maximum absolute atomic E-state index is 10.9. The van der Waals surface area contributed by atoms with Gasteiger partial charge in [0, 0.05) is 18.8 Å². The lowest BCUT2D eigenvalue weighted by Crippen LogP contribution is -2.15. The number of rotatable bonds is 5. The molecule has 0 spiro atoms. The molecule has 2 rings (SSSR count). The Kier molecular flexibility index (Phi) is 4.09. The highest BCUT2D eigenvalue weighted by Gasteiger charge is 2.15. The second-order valence-corrected chi connectivity index (χ2v) is 4.37. The Morgan fingerprint density at radius 2 is 2.44 bits per heavy atom. The third-order valence-electron chi connectivity index (χ3n) is 2.85. The molecule has 1 aliphatic heterocycles. The van der Waals surface area contributed by atoms with E-state index in [0.717, 1.165) is 25.9 Å². The second-order valence-electron chi connectivity index (χ2n) is 4.37. The number of aryl methyl sites for hydroxylation is 1. The van der Waals surface area contributed by atoms with Crippen LogP contribution in [0.5, 0.6) is 0 Å². The summed E-state index contributed by atoms with van der Waals surface area (Å²) in [6, 6.07) is 1.45. The lowest BCUT2D eigenvalue weighted by molar-refractivity contribution is 0.0690. The van der Waals surface area contributed by atoms with Gasteiger partial charge < -0.3 is 15.2 Å². The van der Waals surface area contributed by atoms with E-state index >= 15 is 0 Å². The molecule has 0 aliphatic carbocycles. The molecule has 2 N–H and O–H groups in total. The summed E-state index contributed by atoms with van der Waals surface area (Å²) in [5.41, 5.74) is 0.657. The molecule has 1 atom stereocenters.